The van der Waals surface area contributed by atoms with E-state index in [2.05, 4.69) is 12.2 Å². The Kier molecular flexibility index (Phi) is 4.79. The summed E-state index contributed by atoms with van der Waals surface area (Å²) in [6, 6.07) is 0. The first-order valence-corrected chi connectivity index (χ1v) is 5.82. The highest BCUT2D eigenvalue weighted by molar-refractivity contribution is 5.53. The fraction of sp³-hybridized carbons (Fsp3) is 0.833. The van der Waals surface area contributed by atoms with Crippen molar-refractivity contribution < 1.29 is 9.59 Å². The maximum absolute atomic E-state index is 10.8. The zero-order valence-electron chi connectivity index (χ0n) is 9.50. The molecule has 0 aromatic carbocycles. The standard InChI is InChI=1S/C12H21NO2/c1-12(6-7-12)5-2-3-11(9-14)4-8-13-10-15/h9-11H,2-8H2,1H3,(H,13,15). The van der Waals surface area contributed by atoms with Gasteiger partial charge in [0.1, 0.15) is 6.29 Å². The number of rotatable bonds is 9. The molecule has 0 saturated heterocycles. The molecular formula is C12H21NO2. The van der Waals surface area contributed by atoms with Crippen molar-refractivity contribution in [1.29, 1.82) is 0 Å². The van der Waals surface area contributed by atoms with E-state index >= 15 is 0 Å². The summed E-state index contributed by atoms with van der Waals surface area (Å²) in [5.41, 5.74) is 0.592. The van der Waals surface area contributed by atoms with Crippen molar-refractivity contribution in [3.63, 3.8) is 0 Å². The van der Waals surface area contributed by atoms with Gasteiger partial charge in [-0.2, -0.15) is 0 Å². The van der Waals surface area contributed by atoms with Crippen LogP contribution in [0.2, 0.25) is 0 Å². The van der Waals surface area contributed by atoms with E-state index < -0.39 is 0 Å². The number of carbonyl (C=O) groups excluding carboxylic acids is 2. The predicted octanol–water partition coefficient (Wildman–Crippen LogP) is 1.91. The van der Waals surface area contributed by atoms with E-state index in [-0.39, 0.29) is 5.92 Å². The number of hydrogen-bond acceptors (Lipinski definition) is 2. The molecule has 0 aromatic heterocycles. The topological polar surface area (TPSA) is 46.2 Å². The Bertz CT molecular complexity index is 212. The SMILES string of the molecule is CC1(CCCC(C=O)CCNC=O)CC1. The first-order valence-electron chi connectivity index (χ1n) is 5.82. The molecule has 1 unspecified atom stereocenters. The molecule has 0 heterocycles. The summed E-state index contributed by atoms with van der Waals surface area (Å²) < 4.78 is 0. The number of hydrogen-bond donors (Lipinski definition) is 1. The largest absolute Gasteiger partial charge is 0.359 e. The van der Waals surface area contributed by atoms with Crippen LogP contribution < -0.4 is 5.32 Å². The lowest BCUT2D eigenvalue weighted by Gasteiger charge is -2.11. The second-order valence-corrected chi connectivity index (χ2v) is 4.96. The van der Waals surface area contributed by atoms with Gasteiger partial charge in [-0.15, -0.1) is 0 Å². The molecule has 1 rings (SSSR count). The lowest BCUT2D eigenvalue weighted by molar-refractivity contribution is -0.112. The van der Waals surface area contributed by atoms with Crippen molar-refractivity contribution >= 4 is 12.7 Å². The number of nitrogens with one attached hydrogen (secondary N) is 1. The van der Waals surface area contributed by atoms with E-state index in [9.17, 15) is 9.59 Å². The summed E-state index contributed by atoms with van der Waals surface area (Å²) in [6.45, 7) is 2.93. The number of aldehydes is 1. The number of amides is 1. The van der Waals surface area contributed by atoms with Gasteiger partial charge in [0.05, 0.1) is 0 Å². The van der Waals surface area contributed by atoms with Gasteiger partial charge >= 0.3 is 0 Å². The summed E-state index contributed by atoms with van der Waals surface area (Å²) >= 11 is 0. The molecule has 3 nitrogen and oxygen atoms in total. The third-order valence-electron chi connectivity index (χ3n) is 3.39. The molecule has 1 N–H and O–H groups in total. The van der Waals surface area contributed by atoms with E-state index in [1.807, 2.05) is 0 Å². The summed E-state index contributed by atoms with van der Waals surface area (Å²) in [5, 5.41) is 2.59. The first kappa shape index (κ1) is 12.2. The van der Waals surface area contributed by atoms with E-state index in [0.717, 1.165) is 25.5 Å². The third-order valence-corrected chi connectivity index (χ3v) is 3.39. The van der Waals surface area contributed by atoms with Gasteiger partial charge in [-0.25, -0.2) is 0 Å². The Balaban J connectivity index is 2.04. The Morgan fingerprint density at radius 2 is 2.07 bits per heavy atom. The number of carbonyl (C=O) groups is 2. The van der Waals surface area contributed by atoms with Gasteiger partial charge in [0.2, 0.25) is 6.41 Å². The molecule has 0 radical (unpaired) electrons. The van der Waals surface area contributed by atoms with E-state index in [1.54, 1.807) is 0 Å². The van der Waals surface area contributed by atoms with Gasteiger partial charge in [-0.1, -0.05) is 13.3 Å². The molecule has 86 valence electrons. The average Bonchev–Trinajstić information content (AvgIpc) is 2.95. The second-order valence-electron chi connectivity index (χ2n) is 4.96. The normalized spacial score (nSPS) is 19.3. The zero-order chi connectivity index (χ0) is 11.1. The van der Waals surface area contributed by atoms with Crippen LogP contribution in [0.1, 0.15) is 45.4 Å². The summed E-state index contributed by atoms with van der Waals surface area (Å²) in [4.78, 5) is 20.8. The molecule has 1 aliphatic carbocycles. The summed E-state index contributed by atoms with van der Waals surface area (Å²) in [5.74, 6) is 0.125. The van der Waals surface area contributed by atoms with Gasteiger partial charge in [0.15, 0.2) is 0 Å². The Morgan fingerprint density at radius 3 is 2.60 bits per heavy atom. The van der Waals surface area contributed by atoms with Crippen LogP contribution in [0.15, 0.2) is 0 Å². The van der Waals surface area contributed by atoms with E-state index in [4.69, 9.17) is 0 Å². The highest BCUT2D eigenvalue weighted by Gasteiger charge is 2.36. The van der Waals surface area contributed by atoms with Crippen LogP contribution in [0.25, 0.3) is 0 Å². The fourth-order valence-electron chi connectivity index (χ4n) is 1.86. The molecule has 1 aliphatic rings. The predicted molar refractivity (Wildman–Crippen MR) is 59.4 cm³/mol. The minimum atomic E-state index is 0.125. The molecule has 0 spiro atoms. The second kappa shape index (κ2) is 5.89. The maximum atomic E-state index is 10.8. The van der Waals surface area contributed by atoms with Crippen molar-refractivity contribution in [2.75, 3.05) is 6.54 Å². The highest BCUT2D eigenvalue weighted by Crippen LogP contribution is 2.49. The van der Waals surface area contributed by atoms with Crippen molar-refractivity contribution in [2.45, 2.75) is 45.4 Å². The first-order chi connectivity index (χ1) is 7.20. The molecule has 0 aromatic rings. The zero-order valence-corrected chi connectivity index (χ0v) is 9.50. The maximum Gasteiger partial charge on any atom is 0.207 e. The highest BCUT2D eigenvalue weighted by atomic mass is 16.1. The van der Waals surface area contributed by atoms with E-state index in [1.165, 1.54) is 19.3 Å². The average molecular weight is 211 g/mol. The molecule has 0 bridgehead atoms. The third kappa shape index (κ3) is 4.96. The molecule has 3 heteroatoms. The molecule has 15 heavy (non-hydrogen) atoms. The lowest BCUT2D eigenvalue weighted by Crippen LogP contribution is -2.17. The van der Waals surface area contributed by atoms with Gasteiger partial charge < -0.3 is 10.1 Å². The van der Waals surface area contributed by atoms with Crippen LogP contribution in [0.3, 0.4) is 0 Å². The Hall–Kier alpha value is -0.860. The van der Waals surface area contributed by atoms with Crippen molar-refractivity contribution in [3.05, 3.63) is 0 Å². The van der Waals surface area contributed by atoms with Crippen molar-refractivity contribution in [2.24, 2.45) is 11.3 Å². The van der Waals surface area contributed by atoms with Crippen LogP contribution in [0.5, 0.6) is 0 Å². The minimum absolute atomic E-state index is 0.125. The van der Waals surface area contributed by atoms with Crippen LogP contribution in [0.4, 0.5) is 0 Å². The molecule has 0 aliphatic heterocycles. The van der Waals surface area contributed by atoms with Gasteiger partial charge in [-0.3, -0.25) is 4.79 Å². The van der Waals surface area contributed by atoms with Gasteiger partial charge in [0.25, 0.3) is 0 Å². The van der Waals surface area contributed by atoms with E-state index in [0.29, 0.717) is 18.4 Å². The smallest absolute Gasteiger partial charge is 0.207 e. The van der Waals surface area contributed by atoms with Crippen LogP contribution in [-0.4, -0.2) is 19.2 Å². The van der Waals surface area contributed by atoms with Crippen LogP contribution in [-0.2, 0) is 9.59 Å². The molecule has 1 saturated carbocycles. The minimum Gasteiger partial charge on any atom is -0.359 e. The molecular weight excluding hydrogens is 190 g/mol. The summed E-state index contributed by atoms with van der Waals surface area (Å²) in [7, 11) is 0. The Morgan fingerprint density at radius 1 is 1.33 bits per heavy atom. The quantitative estimate of drug-likeness (QED) is 0.468. The van der Waals surface area contributed by atoms with Crippen molar-refractivity contribution in [3.8, 4) is 0 Å². The molecule has 1 amide bonds. The summed E-state index contributed by atoms with van der Waals surface area (Å²) in [6.07, 6.45) is 8.56. The lowest BCUT2D eigenvalue weighted by atomic mass is 9.95. The monoisotopic (exact) mass is 211 g/mol. The molecule has 1 fully saturated rings. The van der Waals surface area contributed by atoms with Gasteiger partial charge in [0, 0.05) is 12.5 Å². The molecule has 1 atom stereocenters. The van der Waals surface area contributed by atoms with Gasteiger partial charge in [-0.05, 0) is 37.5 Å². The van der Waals surface area contributed by atoms with Crippen LogP contribution in [0, 0.1) is 11.3 Å². The van der Waals surface area contributed by atoms with Crippen molar-refractivity contribution in [1.82, 2.24) is 5.32 Å². The van der Waals surface area contributed by atoms with Crippen LogP contribution >= 0.6 is 0 Å². The Labute approximate surface area is 91.6 Å². The fourth-order valence-corrected chi connectivity index (χ4v) is 1.86.